The van der Waals surface area contributed by atoms with E-state index in [0.29, 0.717) is 11.4 Å². The lowest BCUT2D eigenvalue weighted by Gasteiger charge is -2.35. The molecule has 1 aliphatic rings. The quantitative estimate of drug-likeness (QED) is 0.905. The van der Waals surface area contributed by atoms with Crippen LogP contribution in [0.5, 0.6) is 0 Å². The summed E-state index contributed by atoms with van der Waals surface area (Å²) in [4.78, 5) is 19.7. The molecule has 1 N–H and O–H groups in total. The number of amides is 1. The van der Waals surface area contributed by atoms with E-state index in [9.17, 15) is 4.79 Å². The number of hydrogen-bond donors (Lipinski definition) is 1. The molecule has 1 fully saturated rings. The molecule has 1 aromatic heterocycles. The first kappa shape index (κ1) is 17.1. The van der Waals surface area contributed by atoms with E-state index in [1.54, 1.807) is 5.51 Å². The third kappa shape index (κ3) is 4.01. The molecule has 0 radical (unpaired) electrons. The molecule has 1 amide bonds. The number of carbonyl (C=O) groups excluding carboxylic acids is 1. The van der Waals surface area contributed by atoms with Gasteiger partial charge in [0.2, 0.25) is 0 Å². The van der Waals surface area contributed by atoms with Gasteiger partial charge in [0, 0.05) is 19.6 Å². The maximum absolute atomic E-state index is 12.4. The second-order valence-corrected chi connectivity index (χ2v) is 6.91. The van der Waals surface area contributed by atoms with E-state index in [-0.39, 0.29) is 11.9 Å². The highest BCUT2D eigenvalue weighted by Crippen LogP contribution is 2.22. The number of benzene rings is 1. The minimum absolute atomic E-state index is 0.0408. The van der Waals surface area contributed by atoms with Crippen molar-refractivity contribution in [3.8, 4) is 0 Å². The highest BCUT2D eigenvalue weighted by molar-refractivity contribution is 7.11. The third-order valence-corrected chi connectivity index (χ3v) is 5.25. The molecular weight excluding hydrogens is 322 g/mol. The molecule has 1 unspecified atom stereocenters. The number of morpholine rings is 1. The van der Waals surface area contributed by atoms with Crippen molar-refractivity contribution in [2.24, 2.45) is 0 Å². The number of nitrogens with zero attached hydrogens (tertiary/aromatic N) is 2. The van der Waals surface area contributed by atoms with E-state index in [0.717, 1.165) is 32.0 Å². The summed E-state index contributed by atoms with van der Waals surface area (Å²) in [6, 6.07) is 8.67. The summed E-state index contributed by atoms with van der Waals surface area (Å²) in [5.41, 5.74) is 4.97. The molecule has 128 valence electrons. The van der Waals surface area contributed by atoms with Crippen molar-refractivity contribution in [1.29, 1.82) is 0 Å². The number of nitrogens with one attached hydrogen (secondary N) is 1. The zero-order valence-corrected chi connectivity index (χ0v) is 14.9. The van der Waals surface area contributed by atoms with Crippen LogP contribution < -0.4 is 5.32 Å². The summed E-state index contributed by atoms with van der Waals surface area (Å²) in [7, 11) is 0. The molecule has 1 atom stereocenters. The van der Waals surface area contributed by atoms with Crippen LogP contribution in [-0.2, 0) is 4.74 Å². The Labute approximate surface area is 146 Å². The van der Waals surface area contributed by atoms with E-state index in [1.807, 2.05) is 6.92 Å². The van der Waals surface area contributed by atoms with Crippen molar-refractivity contribution >= 4 is 17.2 Å². The van der Waals surface area contributed by atoms with Gasteiger partial charge in [0.15, 0.2) is 0 Å². The van der Waals surface area contributed by atoms with Gasteiger partial charge in [0.25, 0.3) is 5.91 Å². The Hall–Kier alpha value is -1.76. The average Bonchev–Trinajstić information content (AvgIpc) is 3.02. The van der Waals surface area contributed by atoms with Crippen molar-refractivity contribution in [1.82, 2.24) is 15.2 Å². The summed E-state index contributed by atoms with van der Waals surface area (Å²) < 4.78 is 5.47. The standard InChI is InChI=1S/C18H23N3O2S/c1-13-4-3-5-15(10-13)16(21-6-8-23-9-7-21)11-19-18(22)17-14(2)20-12-24-17/h3-5,10,12,16H,6-9,11H2,1-2H3,(H,19,22). The number of ether oxygens (including phenoxy) is 1. The fraction of sp³-hybridized carbons (Fsp3) is 0.444. The van der Waals surface area contributed by atoms with Gasteiger partial charge >= 0.3 is 0 Å². The lowest BCUT2D eigenvalue weighted by molar-refractivity contribution is 0.0162. The Morgan fingerprint density at radius 1 is 1.38 bits per heavy atom. The van der Waals surface area contributed by atoms with Crippen LogP contribution in [0.3, 0.4) is 0 Å². The van der Waals surface area contributed by atoms with Gasteiger partial charge in [-0.25, -0.2) is 4.98 Å². The van der Waals surface area contributed by atoms with Crippen molar-refractivity contribution < 1.29 is 9.53 Å². The van der Waals surface area contributed by atoms with E-state index in [2.05, 4.69) is 46.4 Å². The van der Waals surface area contributed by atoms with Crippen molar-refractivity contribution in [2.75, 3.05) is 32.8 Å². The number of rotatable bonds is 5. The number of carbonyl (C=O) groups is 1. The Balaban J connectivity index is 1.74. The molecule has 1 aromatic carbocycles. The first-order valence-electron chi connectivity index (χ1n) is 8.22. The normalized spacial score (nSPS) is 16.8. The number of aryl methyl sites for hydroxylation is 2. The first-order valence-corrected chi connectivity index (χ1v) is 9.10. The van der Waals surface area contributed by atoms with Crippen LogP contribution in [0.15, 0.2) is 29.8 Å². The van der Waals surface area contributed by atoms with Crippen LogP contribution in [-0.4, -0.2) is 48.6 Å². The van der Waals surface area contributed by atoms with Crippen LogP contribution in [0.2, 0.25) is 0 Å². The average molecular weight is 345 g/mol. The lowest BCUT2D eigenvalue weighted by Crippen LogP contribution is -2.43. The van der Waals surface area contributed by atoms with E-state index in [1.165, 1.54) is 22.5 Å². The fourth-order valence-electron chi connectivity index (χ4n) is 3.01. The van der Waals surface area contributed by atoms with E-state index < -0.39 is 0 Å². The molecule has 0 spiro atoms. The fourth-order valence-corrected chi connectivity index (χ4v) is 3.73. The molecule has 2 aromatic rings. The minimum atomic E-state index is -0.0408. The van der Waals surface area contributed by atoms with Gasteiger partial charge in [-0.05, 0) is 19.4 Å². The summed E-state index contributed by atoms with van der Waals surface area (Å²) in [6.07, 6.45) is 0. The van der Waals surface area contributed by atoms with Gasteiger partial charge in [-0.1, -0.05) is 29.8 Å². The third-order valence-electron chi connectivity index (χ3n) is 4.32. The predicted molar refractivity (Wildman–Crippen MR) is 95.5 cm³/mol. The second-order valence-electron chi connectivity index (χ2n) is 6.06. The van der Waals surface area contributed by atoms with Gasteiger partial charge in [0.05, 0.1) is 30.5 Å². The summed E-state index contributed by atoms with van der Waals surface area (Å²) >= 11 is 1.39. The smallest absolute Gasteiger partial charge is 0.263 e. The summed E-state index contributed by atoms with van der Waals surface area (Å²) in [5, 5.41) is 3.09. The Morgan fingerprint density at radius 2 is 2.17 bits per heavy atom. The zero-order chi connectivity index (χ0) is 16.9. The van der Waals surface area contributed by atoms with Gasteiger partial charge in [-0.2, -0.15) is 0 Å². The van der Waals surface area contributed by atoms with Gasteiger partial charge in [-0.3, -0.25) is 9.69 Å². The highest BCUT2D eigenvalue weighted by atomic mass is 32.1. The maximum Gasteiger partial charge on any atom is 0.263 e. The van der Waals surface area contributed by atoms with Crippen LogP contribution in [0.1, 0.15) is 32.5 Å². The molecule has 2 heterocycles. The molecule has 0 bridgehead atoms. The molecule has 1 aliphatic heterocycles. The number of aromatic nitrogens is 1. The second kappa shape index (κ2) is 7.88. The SMILES string of the molecule is Cc1cccc(C(CNC(=O)c2scnc2C)N2CCOCC2)c1. The van der Waals surface area contributed by atoms with Crippen LogP contribution in [0.4, 0.5) is 0 Å². The minimum Gasteiger partial charge on any atom is -0.379 e. The number of hydrogen-bond acceptors (Lipinski definition) is 5. The Bertz CT molecular complexity index is 695. The number of thiazole rings is 1. The van der Waals surface area contributed by atoms with Crippen molar-refractivity contribution in [2.45, 2.75) is 19.9 Å². The maximum atomic E-state index is 12.4. The largest absolute Gasteiger partial charge is 0.379 e. The highest BCUT2D eigenvalue weighted by Gasteiger charge is 2.24. The lowest BCUT2D eigenvalue weighted by atomic mass is 10.0. The predicted octanol–water partition coefficient (Wildman–Crippen LogP) is 2.56. The van der Waals surface area contributed by atoms with Crippen molar-refractivity contribution in [3.63, 3.8) is 0 Å². The molecule has 0 saturated carbocycles. The molecule has 5 nitrogen and oxygen atoms in total. The zero-order valence-electron chi connectivity index (χ0n) is 14.1. The topological polar surface area (TPSA) is 54.5 Å². The van der Waals surface area contributed by atoms with Crippen LogP contribution in [0.25, 0.3) is 0 Å². The Kier molecular flexibility index (Phi) is 5.60. The summed E-state index contributed by atoms with van der Waals surface area (Å²) in [5.74, 6) is -0.0408. The Morgan fingerprint density at radius 3 is 2.83 bits per heavy atom. The molecule has 1 saturated heterocycles. The van der Waals surface area contributed by atoms with Crippen LogP contribution in [0, 0.1) is 13.8 Å². The molecule has 24 heavy (non-hydrogen) atoms. The summed E-state index contributed by atoms with van der Waals surface area (Å²) in [6.45, 7) is 7.79. The first-order chi connectivity index (χ1) is 11.6. The molecular formula is C18H23N3O2S. The monoisotopic (exact) mass is 345 g/mol. The van der Waals surface area contributed by atoms with Gasteiger partial charge in [0.1, 0.15) is 4.88 Å². The van der Waals surface area contributed by atoms with Gasteiger partial charge < -0.3 is 10.1 Å². The molecule has 3 rings (SSSR count). The molecule has 0 aliphatic carbocycles. The van der Waals surface area contributed by atoms with Crippen LogP contribution >= 0.6 is 11.3 Å². The van der Waals surface area contributed by atoms with E-state index >= 15 is 0 Å². The molecule has 6 heteroatoms. The van der Waals surface area contributed by atoms with Gasteiger partial charge in [-0.15, -0.1) is 11.3 Å². The van der Waals surface area contributed by atoms with Crippen molar-refractivity contribution in [3.05, 3.63) is 51.5 Å². The van der Waals surface area contributed by atoms with E-state index in [4.69, 9.17) is 4.74 Å².